The van der Waals surface area contributed by atoms with Gasteiger partial charge in [-0.25, -0.2) is 28.7 Å². The molecule has 0 spiro atoms. The van der Waals surface area contributed by atoms with Gasteiger partial charge in [0.2, 0.25) is 11.6 Å². The average molecular weight is 981 g/mol. The van der Waals surface area contributed by atoms with Crippen molar-refractivity contribution in [2.24, 2.45) is 0 Å². The number of aromatic nitrogens is 10. The highest BCUT2D eigenvalue weighted by atomic mass is 16.5. The van der Waals surface area contributed by atoms with E-state index < -0.39 is 23.9 Å². The second kappa shape index (κ2) is 20.5. The van der Waals surface area contributed by atoms with Crippen molar-refractivity contribution >= 4 is 35.3 Å². The third-order valence-electron chi connectivity index (χ3n) is 14.6. The van der Waals surface area contributed by atoms with E-state index in [9.17, 15) is 19.2 Å². The summed E-state index contributed by atoms with van der Waals surface area (Å²) in [5, 5.41) is 23.7. The van der Waals surface area contributed by atoms with E-state index in [0.29, 0.717) is 63.3 Å². The Hall–Kier alpha value is -7.14. The van der Waals surface area contributed by atoms with Gasteiger partial charge >= 0.3 is 0 Å². The monoisotopic (exact) mass is 980 g/mol. The first-order chi connectivity index (χ1) is 35.1. The Morgan fingerprint density at radius 3 is 1.43 bits per heavy atom. The lowest BCUT2D eigenvalue weighted by atomic mass is 10.2. The highest BCUT2D eigenvalue weighted by Gasteiger charge is 2.40. The molecule has 6 aliphatic heterocycles. The number of amides is 4. The summed E-state index contributed by atoms with van der Waals surface area (Å²) in [5.41, 5.74) is 4.07. The Balaban J connectivity index is 0.000000156. The normalized spacial score (nSPS) is 23.6. The number of hydrogen-bond donors (Lipinski definition) is 2. The summed E-state index contributed by atoms with van der Waals surface area (Å²) in [4.78, 5) is 68.4. The molecule has 2 N–H and O–H groups in total. The number of carbonyl (C=O) groups excluding carboxylic acids is 4. The van der Waals surface area contributed by atoms with Crippen molar-refractivity contribution in [3.8, 4) is 0 Å². The smallest absolute Gasteiger partial charge is 0.291 e. The zero-order chi connectivity index (χ0) is 49.3. The first-order valence-electron chi connectivity index (χ1n) is 24.9. The predicted molar refractivity (Wildman–Crippen MR) is 261 cm³/mol. The molecule has 4 fully saturated rings. The van der Waals surface area contributed by atoms with Gasteiger partial charge in [0.25, 0.3) is 23.6 Å². The Morgan fingerprint density at radius 2 is 1.04 bits per heavy atom. The summed E-state index contributed by atoms with van der Waals surface area (Å²) < 4.78 is 18.3. The predicted octanol–water partition coefficient (Wildman–Crippen LogP) is 1.41. The van der Waals surface area contributed by atoms with Crippen LogP contribution in [-0.4, -0.2) is 172 Å². The number of nitrogens with zero attached hydrogens (tertiary/aromatic N) is 14. The van der Waals surface area contributed by atoms with Crippen molar-refractivity contribution in [3.63, 3.8) is 0 Å². The molecule has 4 unspecified atom stereocenters. The maximum absolute atomic E-state index is 13.2. The molecule has 22 heteroatoms. The van der Waals surface area contributed by atoms with Crippen molar-refractivity contribution in [2.45, 2.75) is 101 Å². The second-order valence-corrected chi connectivity index (χ2v) is 19.5. The standard InChI is InChI=1S/2C25H30N8O3/c2*1-30-22-11-18(7-9-31-14-20-12-19(31)15-36-20)28-33(22)10-8-21(25(30)35)27-24(34)23-26-16-32(29-23)13-17-5-3-2-4-6-17/h2*2-6,11,16,19-21H,7-10,12-15H2,1H3,(H,27,34)/t2*19?,20?,21-/m10/s1. The van der Waals surface area contributed by atoms with Crippen LogP contribution in [0.15, 0.2) is 85.5 Å². The van der Waals surface area contributed by atoms with Crippen molar-refractivity contribution in [2.75, 3.05) is 63.3 Å². The number of fused-ring (bicyclic) bond motifs is 6. The number of ether oxygens (including phenoxy) is 2. The quantitative estimate of drug-likeness (QED) is 0.158. The molecule has 4 saturated heterocycles. The van der Waals surface area contributed by atoms with Crippen molar-refractivity contribution in [3.05, 3.63) is 120 Å². The minimum absolute atomic E-state index is 0.0478. The van der Waals surface area contributed by atoms with Crippen molar-refractivity contribution in [1.82, 2.24) is 69.5 Å². The molecule has 4 bridgehead atoms. The molecule has 0 radical (unpaired) electrons. The zero-order valence-electron chi connectivity index (χ0n) is 40.6. The van der Waals surface area contributed by atoms with Gasteiger partial charge in [-0.3, -0.25) is 38.8 Å². The largest absolute Gasteiger partial charge is 0.375 e. The number of rotatable bonds is 14. The van der Waals surface area contributed by atoms with E-state index in [2.05, 4.69) is 40.6 Å². The van der Waals surface area contributed by atoms with Gasteiger partial charge in [-0.2, -0.15) is 10.2 Å². The fourth-order valence-electron chi connectivity index (χ4n) is 10.7. The molecule has 4 aromatic heterocycles. The molecule has 376 valence electrons. The molecule has 72 heavy (non-hydrogen) atoms. The Kier molecular flexibility index (Phi) is 13.5. The van der Waals surface area contributed by atoms with E-state index >= 15 is 0 Å². The van der Waals surface area contributed by atoms with Crippen LogP contribution < -0.4 is 20.4 Å². The van der Waals surface area contributed by atoms with E-state index in [4.69, 9.17) is 19.7 Å². The molecular weight excluding hydrogens is 921 g/mol. The SMILES string of the molecule is CN1C(=O)[C@@H](NC(=O)c2ncn(Cc3ccccc3)n2)CCn2nc(CCN3CC4CC3CO4)cc21.CN1C(=O)[C@H](NC(=O)c2ncn(Cc3ccccc3)n2)CCn2nc(CCN3CC4CC3CO4)cc21. The summed E-state index contributed by atoms with van der Waals surface area (Å²) >= 11 is 0. The molecule has 0 saturated carbocycles. The van der Waals surface area contributed by atoms with Crippen molar-refractivity contribution < 1.29 is 28.7 Å². The highest BCUT2D eigenvalue weighted by molar-refractivity contribution is 6.01. The lowest BCUT2D eigenvalue weighted by Crippen LogP contribution is -2.47. The maximum atomic E-state index is 13.2. The van der Waals surface area contributed by atoms with Gasteiger partial charge in [-0.1, -0.05) is 60.7 Å². The van der Waals surface area contributed by atoms with Gasteiger partial charge in [0.1, 0.15) is 36.4 Å². The van der Waals surface area contributed by atoms with Crippen LogP contribution in [0.25, 0.3) is 0 Å². The minimum atomic E-state index is -0.672. The van der Waals surface area contributed by atoms with Crippen LogP contribution in [0.1, 0.15) is 69.4 Å². The van der Waals surface area contributed by atoms with Crippen molar-refractivity contribution in [1.29, 1.82) is 0 Å². The molecule has 4 amide bonds. The van der Waals surface area contributed by atoms with Crippen LogP contribution >= 0.6 is 0 Å². The van der Waals surface area contributed by atoms with E-state index in [0.717, 1.165) is 99.2 Å². The Morgan fingerprint density at radius 1 is 0.611 bits per heavy atom. The molecule has 6 aliphatic rings. The number of hydrogen-bond acceptors (Lipinski definition) is 14. The third-order valence-corrected chi connectivity index (χ3v) is 14.6. The minimum Gasteiger partial charge on any atom is -0.375 e. The number of aryl methyl sites for hydroxylation is 2. The molecular formula is C50H60N16O6. The zero-order valence-corrected chi connectivity index (χ0v) is 40.6. The maximum Gasteiger partial charge on any atom is 0.291 e. The van der Waals surface area contributed by atoms with Gasteiger partial charge in [0, 0.05) is 90.4 Å². The number of nitrogens with one attached hydrogen (secondary N) is 2. The van der Waals surface area contributed by atoms with E-state index in [1.807, 2.05) is 82.2 Å². The topological polar surface area (TPSA) is 221 Å². The number of morpholine rings is 2. The first-order valence-corrected chi connectivity index (χ1v) is 24.9. The molecule has 10 heterocycles. The molecule has 6 aromatic rings. The number of anilines is 2. The number of carbonyl (C=O) groups is 4. The summed E-state index contributed by atoms with van der Waals surface area (Å²) in [7, 11) is 3.46. The van der Waals surface area contributed by atoms with Crippen LogP contribution in [0.4, 0.5) is 11.6 Å². The van der Waals surface area contributed by atoms with Gasteiger partial charge in [-0.05, 0) is 36.8 Å². The van der Waals surface area contributed by atoms with Crippen LogP contribution in [0.5, 0.6) is 0 Å². The fourth-order valence-corrected chi connectivity index (χ4v) is 10.7. The molecule has 0 aliphatic carbocycles. The molecule has 12 rings (SSSR count). The third kappa shape index (κ3) is 10.3. The Bertz CT molecular complexity index is 2700. The van der Waals surface area contributed by atoms with Crippen LogP contribution in [0.3, 0.4) is 0 Å². The lowest BCUT2D eigenvalue weighted by Gasteiger charge is -2.26. The fraction of sp³-hybridized carbons (Fsp3) is 0.480. The molecule has 6 atom stereocenters. The number of likely N-dealkylation sites (N-methyl/N-ethyl adjacent to an activating group) is 2. The first kappa shape index (κ1) is 47.2. The summed E-state index contributed by atoms with van der Waals surface area (Å²) in [6, 6.07) is 23.3. The summed E-state index contributed by atoms with van der Waals surface area (Å²) in [6.07, 6.45) is 8.66. The highest BCUT2D eigenvalue weighted by Crippen LogP contribution is 2.30. The molecule has 22 nitrogen and oxygen atoms in total. The molecule has 2 aromatic carbocycles. The summed E-state index contributed by atoms with van der Waals surface area (Å²) in [6.45, 7) is 7.65. The summed E-state index contributed by atoms with van der Waals surface area (Å²) in [5.74, 6) is 0.331. The van der Waals surface area contributed by atoms with Gasteiger partial charge < -0.3 is 20.1 Å². The Labute approximate surface area is 416 Å². The van der Waals surface area contributed by atoms with Gasteiger partial charge in [0.05, 0.1) is 49.9 Å². The van der Waals surface area contributed by atoms with Gasteiger partial charge in [0.15, 0.2) is 0 Å². The van der Waals surface area contributed by atoms with Crippen LogP contribution in [-0.2, 0) is 58.1 Å². The van der Waals surface area contributed by atoms with E-state index in [-0.39, 0.29) is 23.5 Å². The number of likely N-dealkylation sites (tertiary alicyclic amines) is 2. The lowest BCUT2D eigenvalue weighted by molar-refractivity contribution is -0.120. The van der Waals surface area contributed by atoms with Crippen LogP contribution in [0.2, 0.25) is 0 Å². The van der Waals surface area contributed by atoms with Gasteiger partial charge in [-0.15, -0.1) is 10.2 Å². The van der Waals surface area contributed by atoms with Crippen LogP contribution in [0, 0.1) is 0 Å². The second-order valence-electron chi connectivity index (χ2n) is 19.5. The average Bonchev–Trinajstić information content (AvgIpc) is 4.27. The number of benzene rings is 2. The van der Waals surface area contributed by atoms with E-state index in [1.54, 1.807) is 33.3 Å². The van der Waals surface area contributed by atoms with E-state index in [1.165, 1.54) is 12.7 Å².